The lowest BCUT2D eigenvalue weighted by Gasteiger charge is -2.10. The molecule has 0 saturated carbocycles. The molecule has 8 heteroatoms. The van der Waals surface area contributed by atoms with Crippen LogP contribution in [0.3, 0.4) is 0 Å². The number of methoxy groups -OCH3 is 2. The van der Waals surface area contributed by atoms with Crippen LogP contribution in [-0.2, 0) is 5.75 Å². The highest BCUT2D eigenvalue weighted by molar-refractivity contribution is 9.10. The molecule has 0 amide bonds. The molecule has 5 nitrogen and oxygen atoms in total. The Morgan fingerprint density at radius 1 is 1.10 bits per heavy atom. The first-order valence-electron chi connectivity index (χ1n) is 8.77. The zero-order chi connectivity index (χ0) is 20.2. The Labute approximate surface area is 185 Å². The zero-order valence-electron chi connectivity index (χ0n) is 15.8. The number of rotatable bonds is 7. The van der Waals surface area contributed by atoms with Crippen molar-refractivity contribution in [1.29, 1.82) is 0 Å². The molecule has 0 bridgehead atoms. The Hall–Kier alpha value is -2.29. The minimum atomic E-state index is 0.702. The fourth-order valence-electron chi connectivity index (χ4n) is 2.89. The zero-order valence-corrected chi connectivity index (χ0v) is 19.1. The van der Waals surface area contributed by atoms with Crippen LogP contribution < -0.4 is 9.47 Å². The van der Waals surface area contributed by atoms with Crippen LogP contribution in [0.2, 0.25) is 0 Å². The molecule has 0 radical (unpaired) electrons. The fraction of sp³-hybridized carbons (Fsp3) is 0.143. The maximum absolute atomic E-state index is 5.54. The number of aromatic nitrogens is 3. The molecule has 0 aliphatic carbocycles. The van der Waals surface area contributed by atoms with Gasteiger partial charge in [0, 0.05) is 33.7 Å². The van der Waals surface area contributed by atoms with Gasteiger partial charge in [0.25, 0.3) is 0 Å². The molecule has 29 heavy (non-hydrogen) atoms. The van der Waals surface area contributed by atoms with E-state index in [1.54, 1.807) is 37.3 Å². The molecule has 0 fully saturated rings. The SMILES string of the molecule is COc1cccc(-c2nc(CSc3nccn3-c3ccc(Br)cc3)cs2)c1OC. The molecule has 0 saturated heterocycles. The Balaban J connectivity index is 1.52. The molecule has 2 aromatic heterocycles. The number of para-hydroxylation sites is 1. The summed E-state index contributed by atoms with van der Waals surface area (Å²) in [6.07, 6.45) is 3.79. The van der Waals surface area contributed by atoms with Crippen molar-refractivity contribution in [3.05, 3.63) is 70.4 Å². The maximum Gasteiger partial charge on any atom is 0.172 e. The number of ether oxygens (including phenoxy) is 2. The molecule has 0 spiro atoms. The molecule has 0 aliphatic rings. The maximum atomic E-state index is 5.54. The van der Waals surface area contributed by atoms with E-state index in [2.05, 4.69) is 43.0 Å². The second kappa shape index (κ2) is 9.02. The van der Waals surface area contributed by atoms with Crippen LogP contribution in [0, 0.1) is 0 Å². The molecule has 2 aromatic carbocycles. The van der Waals surface area contributed by atoms with E-state index in [9.17, 15) is 0 Å². The highest BCUT2D eigenvalue weighted by atomic mass is 79.9. The fourth-order valence-corrected chi connectivity index (χ4v) is 4.96. The van der Waals surface area contributed by atoms with Crippen LogP contribution in [0.5, 0.6) is 11.5 Å². The average Bonchev–Trinajstić information content (AvgIpc) is 3.41. The largest absolute Gasteiger partial charge is 0.493 e. The molecular weight excluding hydrogens is 470 g/mol. The first kappa shape index (κ1) is 20.0. The predicted molar refractivity (Wildman–Crippen MR) is 121 cm³/mol. The first-order valence-corrected chi connectivity index (χ1v) is 11.4. The number of nitrogens with zero attached hydrogens (tertiary/aromatic N) is 3. The second-order valence-corrected chi connectivity index (χ2v) is 8.75. The lowest BCUT2D eigenvalue weighted by atomic mass is 10.2. The summed E-state index contributed by atoms with van der Waals surface area (Å²) in [5.74, 6) is 2.14. The number of benzene rings is 2. The van der Waals surface area contributed by atoms with Crippen LogP contribution in [0.4, 0.5) is 0 Å². The number of hydrogen-bond donors (Lipinski definition) is 0. The van der Waals surface area contributed by atoms with E-state index in [1.165, 1.54) is 0 Å². The van der Waals surface area contributed by atoms with Crippen LogP contribution in [0.25, 0.3) is 16.3 Å². The monoisotopic (exact) mass is 487 g/mol. The van der Waals surface area contributed by atoms with Crippen molar-refractivity contribution in [1.82, 2.24) is 14.5 Å². The highest BCUT2D eigenvalue weighted by Crippen LogP contribution is 2.39. The highest BCUT2D eigenvalue weighted by Gasteiger charge is 2.15. The van der Waals surface area contributed by atoms with Gasteiger partial charge in [0.05, 0.1) is 25.5 Å². The summed E-state index contributed by atoms with van der Waals surface area (Å²) < 4.78 is 14.1. The van der Waals surface area contributed by atoms with E-state index in [-0.39, 0.29) is 0 Å². The van der Waals surface area contributed by atoms with Crippen molar-refractivity contribution < 1.29 is 9.47 Å². The van der Waals surface area contributed by atoms with Crippen LogP contribution in [0.1, 0.15) is 5.69 Å². The second-order valence-electron chi connectivity index (χ2n) is 6.03. The van der Waals surface area contributed by atoms with Gasteiger partial charge in [-0.1, -0.05) is 33.8 Å². The Kier molecular flexibility index (Phi) is 6.22. The van der Waals surface area contributed by atoms with E-state index in [0.29, 0.717) is 11.5 Å². The Morgan fingerprint density at radius 2 is 1.93 bits per heavy atom. The quantitative estimate of drug-likeness (QED) is 0.296. The lowest BCUT2D eigenvalue weighted by Crippen LogP contribution is -1.95. The number of imidazole rings is 1. The molecular formula is C21H18BrN3O2S2. The standard InChI is InChI=1S/C21H18BrN3O2S2/c1-26-18-5-3-4-17(19(18)27-2)20-24-15(12-28-20)13-29-21-23-10-11-25(21)16-8-6-14(22)7-9-16/h3-12H,13H2,1-2H3. The minimum absolute atomic E-state index is 0.702. The lowest BCUT2D eigenvalue weighted by molar-refractivity contribution is 0.356. The molecule has 2 heterocycles. The molecule has 148 valence electrons. The number of thioether (sulfide) groups is 1. The van der Waals surface area contributed by atoms with Gasteiger partial charge < -0.3 is 9.47 Å². The van der Waals surface area contributed by atoms with Gasteiger partial charge >= 0.3 is 0 Å². The van der Waals surface area contributed by atoms with Crippen molar-refractivity contribution in [2.75, 3.05) is 14.2 Å². The van der Waals surface area contributed by atoms with Crippen LogP contribution in [-0.4, -0.2) is 28.8 Å². The Morgan fingerprint density at radius 3 is 2.69 bits per heavy atom. The van der Waals surface area contributed by atoms with Gasteiger partial charge in [0.2, 0.25) is 0 Å². The van der Waals surface area contributed by atoms with Crippen LogP contribution >= 0.6 is 39.0 Å². The summed E-state index contributed by atoms with van der Waals surface area (Å²) in [6.45, 7) is 0. The molecule has 0 aliphatic heterocycles. The van der Waals surface area contributed by atoms with Crippen molar-refractivity contribution in [2.24, 2.45) is 0 Å². The third-order valence-corrected chi connectivity index (χ3v) is 6.70. The number of thiazole rings is 1. The van der Waals surface area contributed by atoms with Crippen LogP contribution in [0.15, 0.2) is 69.9 Å². The number of halogens is 1. The minimum Gasteiger partial charge on any atom is -0.493 e. The van der Waals surface area contributed by atoms with Crippen molar-refractivity contribution in [3.8, 4) is 27.8 Å². The van der Waals surface area contributed by atoms with E-state index in [1.807, 2.05) is 42.7 Å². The van der Waals surface area contributed by atoms with Gasteiger partial charge in [-0.3, -0.25) is 4.57 Å². The summed E-state index contributed by atoms with van der Waals surface area (Å²) in [4.78, 5) is 9.30. The Bertz CT molecular complexity index is 1110. The molecule has 0 N–H and O–H groups in total. The molecule has 4 aromatic rings. The van der Waals surface area contributed by atoms with Gasteiger partial charge in [-0.25, -0.2) is 9.97 Å². The third kappa shape index (κ3) is 4.34. The average molecular weight is 488 g/mol. The summed E-state index contributed by atoms with van der Waals surface area (Å²) in [6, 6.07) is 14.0. The van der Waals surface area contributed by atoms with Gasteiger partial charge in [-0.05, 0) is 36.4 Å². The smallest absolute Gasteiger partial charge is 0.172 e. The topological polar surface area (TPSA) is 49.2 Å². The van der Waals surface area contributed by atoms with E-state index >= 15 is 0 Å². The summed E-state index contributed by atoms with van der Waals surface area (Å²) in [7, 11) is 3.28. The first-order chi connectivity index (χ1) is 14.2. The normalized spacial score (nSPS) is 10.9. The van der Waals surface area contributed by atoms with E-state index in [0.717, 1.165) is 37.3 Å². The van der Waals surface area contributed by atoms with Crippen molar-refractivity contribution in [2.45, 2.75) is 10.9 Å². The molecule has 0 unspecified atom stereocenters. The number of hydrogen-bond acceptors (Lipinski definition) is 6. The third-order valence-electron chi connectivity index (χ3n) is 4.25. The predicted octanol–water partition coefficient (Wildman–Crippen LogP) is 6.07. The van der Waals surface area contributed by atoms with Crippen molar-refractivity contribution in [3.63, 3.8) is 0 Å². The summed E-state index contributed by atoms with van der Waals surface area (Å²) >= 11 is 6.73. The van der Waals surface area contributed by atoms with Gasteiger partial charge in [-0.2, -0.15) is 0 Å². The molecule has 4 rings (SSSR count). The van der Waals surface area contributed by atoms with E-state index < -0.39 is 0 Å². The summed E-state index contributed by atoms with van der Waals surface area (Å²) in [5.41, 5.74) is 3.02. The van der Waals surface area contributed by atoms with Gasteiger partial charge in [0.15, 0.2) is 16.7 Å². The molecule has 0 atom stereocenters. The van der Waals surface area contributed by atoms with Crippen molar-refractivity contribution >= 4 is 39.0 Å². The van der Waals surface area contributed by atoms with Gasteiger partial charge in [0.1, 0.15) is 5.01 Å². The van der Waals surface area contributed by atoms with E-state index in [4.69, 9.17) is 14.5 Å². The van der Waals surface area contributed by atoms with Gasteiger partial charge in [-0.15, -0.1) is 11.3 Å². The summed E-state index contributed by atoms with van der Waals surface area (Å²) in [5, 5.41) is 3.92.